The quantitative estimate of drug-likeness (QED) is 0.796. The molecule has 6 heteroatoms. The van der Waals surface area contributed by atoms with Gasteiger partial charge in [-0.2, -0.15) is 8.78 Å². The molecule has 0 N–H and O–H groups in total. The van der Waals surface area contributed by atoms with Gasteiger partial charge in [0.1, 0.15) is 10.7 Å². The van der Waals surface area contributed by atoms with Gasteiger partial charge in [0, 0.05) is 0 Å². The Morgan fingerprint density at radius 1 is 1.33 bits per heavy atom. The van der Waals surface area contributed by atoms with Crippen molar-refractivity contribution < 1.29 is 13.5 Å². The Kier molecular flexibility index (Phi) is 2.64. The standard InChI is InChI=1S/C9H5ClF2N2O/c10-7-4-13-5-2-1-3-6(8(5)14-7)15-9(11)12/h1-4,9H. The van der Waals surface area contributed by atoms with Crippen LogP contribution < -0.4 is 4.74 Å². The highest BCUT2D eigenvalue weighted by atomic mass is 35.5. The van der Waals surface area contributed by atoms with Crippen LogP contribution in [0.4, 0.5) is 8.78 Å². The summed E-state index contributed by atoms with van der Waals surface area (Å²) in [5.74, 6) is -0.0301. The minimum Gasteiger partial charge on any atom is -0.432 e. The monoisotopic (exact) mass is 230 g/mol. The highest BCUT2D eigenvalue weighted by Gasteiger charge is 2.10. The van der Waals surface area contributed by atoms with Crippen molar-refractivity contribution in [1.82, 2.24) is 9.97 Å². The second-order valence-electron chi connectivity index (χ2n) is 2.70. The van der Waals surface area contributed by atoms with Gasteiger partial charge >= 0.3 is 6.61 Å². The molecule has 1 aromatic carbocycles. The molecular formula is C9H5ClF2N2O. The van der Waals surface area contributed by atoms with E-state index >= 15 is 0 Å². The first-order chi connectivity index (χ1) is 7.16. The Morgan fingerprint density at radius 2 is 2.13 bits per heavy atom. The van der Waals surface area contributed by atoms with E-state index in [-0.39, 0.29) is 16.4 Å². The summed E-state index contributed by atoms with van der Waals surface area (Å²) in [5, 5.41) is 0.132. The highest BCUT2D eigenvalue weighted by molar-refractivity contribution is 6.29. The third kappa shape index (κ3) is 2.12. The lowest BCUT2D eigenvalue weighted by Gasteiger charge is -2.06. The van der Waals surface area contributed by atoms with Crippen molar-refractivity contribution in [1.29, 1.82) is 0 Å². The number of ether oxygens (including phenoxy) is 1. The SMILES string of the molecule is FC(F)Oc1cccc2ncc(Cl)nc12. The predicted molar refractivity (Wildman–Crippen MR) is 51.2 cm³/mol. The molecule has 2 aromatic rings. The van der Waals surface area contributed by atoms with Gasteiger partial charge in [-0.15, -0.1) is 0 Å². The molecule has 2 rings (SSSR count). The predicted octanol–water partition coefficient (Wildman–Crippen LogP) is 2.88. The van der Waals surface area contributed by atoms with Crippen molar-refractivity contribution >= 4 is 22.6 Å². The van der Waals surface area contributed by atoms with Crippen LogP contribution in [0.2, 0.25) is 5.15 Å². The number of aromatic nitrogens is 2. The summed E-state index contributed by atoms with van der Waals surface area (Å²) in [7, 11) is 0. The van der Waals surface area contributed by atoms with Crippen molar-refractivity contribution in [3.05, 3.63) is 29.5 Å². The van der Waals surface area contributed by atoms with Crippen LogP contribution in [-0.4, -0.2) is 16.6 Å². The molecule has 0 aliphatic carbocycles. The summed E-state index contributed by atoms with van der Waals surface area (Å²) >= 11 is 5.61. The summed E-state index contributed by atoms with van der Waals surface area (Å²) in [4.78, 5) is 7.80. The Balaban J connectivity index is 2.58. The lowest BCUT2D eigenvalue weighted by Crippen LogP contribution is -2.03. The Morgan fingerprint density at radius 3 is 2.87 bits per heavy atom. The first-order valence-electron chi connectivity index (χ1n) is 4.03. The van der Waals surface area contributed by atoms with Crippen molar-refractivity contribution in [3.63, 3.8) is 0 Å². The summed E-state index contributed by atoms with van der Waals surface area (Å²) in [6, 6.07) is 4.58. The van der Waals surface area contributed by atoms with Crippen LogP contribution in [0.5, 0.6) is 5.75 Å². The molecule has 0 aliphatic rings. The van der Waals surface area contributed by atoms with Crippen LogP contribution in [0.15, 0.2) is 24.4 Å². The van der Waals surface area contributed by atoms with E-state index in [4.69, 9.17) is 11.6 Å². The largest absolute Gasteiger partial charge is 0.432 e. The zero-order chi connectivity index (χ0) is 10.8. The van der Waals surface area contributed by atoms with E-state index in [2.05, 4.69) is 14.7 Å². The second-order valence-corrected chi connectivity index (χ2v) is 3.08. The molecule has 0 amide bonds. The van der Waals surface area contributed by atoms with Gasteiger partial charge in [-0.1, -0.05) is 17.7 Å². The first-order valence-corrected chi connectivity index (χ1v) is 4.40. The molecule has 0 radical (unpaired) electrons. The number of rotatable bonds is 2. The molecule has 0 saturated carbocycles. The molecule has 0 unspecified atom stereocenters. The normalized spacial score (nSPS) is 10.9. The topological polar surface area (TPSA) is 35.0 Å². The third-order valence-electron chi connectivity index (χ3n) is 1.72. The number of nitrogens with zero attached hydrogens (tertiary/aromatic N) is 2. The van der Waals surface area contributed by atoms with Gasteiger partial charge < -0.3 is 4.74 Å². The van der Waals surface area contributed by atoms with Crippen LogP contribution in [-0.2, 0) is 0 Å². The molecule has 1 aromatic heterocycles. The Bertz CT molecular complexity index is 492. The van der Waals surface area contributed by atoms with Crippen LogP contribution in [0, 0.1) is 0 Å². The minimum atomic E-state index is -2.89. The summed E-state index contributed by atoms with van der Waals surface area (Å²) in [6.07, 6.45) is 1.34. The van der Waals surface area contributed by atoms with E-state index in [1.807, 2.05) is 0 Å². The number of para-hydroxylation sites is 1. The van der Waals surface area contributed by atoms with Crippen LogP contribution in [0.3, 0.4) is 0 Å². The molecule has 0 fully saturated rings. The average Bonchev–Trinajstić information content (AvgIpc) is 2.18. The maximum atomic E-state index is 12.0. The lowest BCUT2D eigenvalue weighted by molar-refractivity contribution is -0.0489. The zero-order valence-corrected chi connectivity index (χ0v) is 8.08. The number of hydrogen-bond donors (Lipinski definition) is 0. The van der Waals surface area contributed by atoms with Crippen molar-refractivity contribution in [3.8, 4) is 5.75 Å². The smallest absolute Gasteiger partial charge is 0.387 e. The van der Waals surface area contributed by atoms with Gasteiger partial charge in [-0.05, 0) is 12.1 Å². The first kappa shape index (κ1) is 10.0. The molecule has 15 heavy (non-hydrogen) atoms. The Labute approximate surface area is 88.7 Å². The number of halogens is 3. The van der Waals surface area contributed by atoms with E-state index in [0.29, 0.717) is 5.52 Å². The molecule has 0 bridgehead atoms. The van der Waals surface area contributed by atoms with E-state index in [0.717, 1.165) is 0 Å². The number of hydrogen-bond acceptors (Lipinski definition) is 3. The third-order valence-corrected chi connectivity index (χ3v) is 1.90. The van der Waals surface area contributed by atoms with Crippen molar-refractivity contribution in [2.24, 2.45) is 0 Å². The molecule has 0 atom stereocenters. The molecule has 3 nitrogen and oxygen atoms in total. The number of benzene rings is 1. The fraction of sp³-hybridized carbons (Fsp3) is 0.111. The van der Waals surface area contributed by atoms with E-state index < -0.39 is 6.61 Å². The van der Waals surface area contributed by atoms with E-state index in [1.54, 1.807) is 12.1 Å². The number of alkyl halides is 2. The van der Waals surface area contributed by atoms with Gasteiger partial charge in [0.15, 0.2) is 5.75 Å². The molecule has 0 aliphatic heterocycles. The molecule has 0 spiro atoms. The van der Waals surface area contributed by atoms with Gasteiger partial charge in [-0.25, -0.2) is 4.98 Å². The van der Waals surface area contributed by atoms with E-state index in [9.17, 15) is 8.78 Å². The fourth-order valence-electron chi connectivity index (χ4n) is 1.18. The molecule has 78 valence electrons. The highest BCUT2D eigenvalue weighted by Crippen LogP contribution is 2.24. The number of fused-ring (bicyclic) bond motifs is 1. The van der Waals surface area contributed by atoms with Crippen molar-refractivity contribution in [2.75, 3.05) is 0 Å². The van der Waals surface area contributed by atoms with Crippen LogP contribution in [0.25, 0.3) is 11.0 Å². The van der Waals surface area contributed by atoms with Gasteiger partial charge in [-0.3, -0.25) is 4.98 Å². The fourth-order valence-corrected chi connectivity index (χ4v) is 1.31. The minimum absolute atomic E-state index is 0.0301. The van der Waals surface area contributed by atoms with Gasteiger partial charge in [0.25, 0.3) is 0 Å². The van der Waals surface area contributed by atoms with Gasteiger partial charge in [0.05, 0.1) is 11.7 Å². The summed E-state index contributed by atoms with van der Waals surface area (Å²) < 4.78 is 28.4. The van der Waals surface area contributed by atoms with Crippen LogP contribution >= 0.6 is 11.6 Å². The maximum Gasteiger partial charge on any atom is 0.387 e. The summed E-state index contributed by atoms with van der Waals surface area (Å²) in [6.45, 7) is -2.89. The zero-order valence-electron chi connectivity index (χ0n) is 7.32. The average molecular weight is 231 g/mol. The maximum absolute atomic E-state index is 12.0. The molecule has 0 saturated heterocycles. The molecule has 1 heterocycles. The van der Waals surface area contributed by atoms with Crippen molar-refractivity contribution in [2.45, 2.75) is 6.61 Å². The second kappa shape index (κ2) is 3.94. The Hall–Kier alpha value is -1.49. The summed E-state index contributed by atoms with van der Waals surface area (Å²) in [5.41, 5.74) is 0.683. The van der Waals surface area contributed by atoms with Crippen LogP contribution in [0.1, 0.15) is 0 Å². The van der Waals surface area contributed by atoms with Gasteiger partial charge in [0.2, 0.25) is 0 Å². The lowest BCUT2D eigenvalue weighted by atomic mass is 10.3. The molecular weight excluding hydrogens is 226 g/mol. The van der Waals surface area contributed by atoms with E-state index in [1.165, 1.54) is 12.3 Å².